The fourth-order valence-electron chi connectivity index (χ4n) is 2.48. The number of fused-ring (bicyclic) bond motifs is 1. The number of benzene rings is 1. The Balaban J connectivity index is 1.72. The molecule has 0 amide bonds. The van der Waals surface area contributed by atoms with Crippen LogP contribution in [0.2, 0.25) is 10.2 Å². The SMILES string of the molecule is O=S(=O)(Nc1cnn(C2CC2)c1Cl)c1c[nH]c2cc(Cl)ccc12. The van der Waals surface area contributed by atoms with Gasteiger partial charge in [-0.25, -0.2) is 13.1 Å². The van der Waals surface area contributed by atoms with Crippen LogP contribution in [0.3, 0.4) is 0 Å². The Bertz CT molecular complexity index is 1010. The zero-order chi connectivity index (χ0) is 16.2. The molecule has 1 aliphatic carbocycles. The molecule has 6 nitrogen and oxygen atoms in total. The average Bonchev–Trinajstić information content (AvgIpc) is 3.15. The number of halogens is 2. The second-order valence-corrected chi connectivity index (χ2v) is 7.92. The lowest BCUT2D eigenvalue weighted by Gasteiger charge is -2.06. The van der Waals surface area contributed by atoms with Crippen molar-refractivity contribution in [1.82, 2.24) is 14.8 Å². The number of rotatable bonds is 4. The molecule has 23 heavy (non-hydrogen) atoms. The molecular weight excluding hydrogens is 359 g/mol. The summed E-state index contributed by atoms with van der Waals surface area (Å²) >= 11 is 12.1. The van der Waals surface area contributed by atoms with Gasteiger partial charge in [0, 0.05) is 22.1 Å². The second-order valence-electron chi connectivity index (χ2n) is 5.47. The van der Waals surface area contributed by atoms with E-state index < -0.39 is 10.0 Å². The van der Waals surface area contributed by atoms with Crippen LogP contribution in [0, 0.1) is 0 Å². The number of nitrogens with zero attached hydrogens (tertiary/aromatic N) is 2. The second kappa shape index (κ2) is 5.15. The number of H-pyrrole nitrogens is 1. The van der Waals surface area contributed by atoms with Gasteiger partial charge < -0.3 is 4.98 Å². The molecule has 120 valence electrons. The van der Waals surface area contributed by atoms with Crippen molar-refractivity contribution in [2.45, 2.75) is 23.8 Å². The van der Waals surface area contributed by atoms with Crippen LogP contribution in [0.4, 0.5) is 5.69 Å². The molecule has 1 fully saturated rings. The van der Waals surface area contributed by atoms with Crippen LogP contribution in [0.1, 0.15) is 18.9 Å². The number of anilines is 1. The maximum Gasteiger partial charge on any atom is 0.264 e. The highest BCUT2D eigenvalue weighted by Gasteiger charge is 2.29. The largest absolute Gasteiger partial charge is 0.360 e. The number of hydrogen-bond donors (Lipinski definition) is 2. The molecule has 2 aromatic heterocycles. The van der Waals surface area contributed by atoms with Crippen molar-refractivity contribution < 1.29 is 8.42 Å². The first-order chi connectivity index (χ1) is 11.0. The van der Waals surface area contributed by atoms with Gasteiger partial charge in [0.15, 0.2) is 5.15 Å². The van der Waals surface area contributed by atoms with E-state index in [-0.39, 0.29) is 16.6 Å². The Kier molecular flexibility index (Phi) is 3.33. The van der Waals surface area contributed by atoms with Crippen molar-refractivity contribution in [1.29, 1.82) is 0 Å². The normalized spacial score (nSPS) is 15.2. The number of aromatic amines is 1. The highest BCUT2D eigenvalue weighted by Crippen LogP contribution is 2.39. The molecule has 2 heterocycles. The van der Waals surface area contributed by atoms with Crippen LogP contribution in [0.15, 0.2) is 35.5 Å². The van der Waals surface area contributed by atoms with E-state index in [2.05, 4.69) is 14.8 Å². The predicted molar refractivity (Wildman–Crippen MR) is 89.6 cm³/mol. The lowest BCUT2D eigenvalue weighted by Crippen LogP contribution is -2.12. The molecule has 4 rings (SSSR count). The standard InChI is InChI=1S/C14H12Cl2N4O2S/c15-8-1-4-10-11(5-8)17-7-13(10)23(21,22)19-12-6-18-20(14(12)16)9-2-3-9/h1,4-7,9,17,19H,2-3H2. The summed E-state index contributed by atoms with van der Waals surface area (Å²) in [6, 6.07) is 5.26. The maximum absolute atomic E-state index is 12.6. The van der Waals surface area contributed by atoms with E-state index >= 15 is 0 Å². The van der Waals surface area contributed by atoms with Gasteiger partial charge in [0.2, 0.25) is 0 Å². The summed E-state index contributed by atoms with van der Waals surface area (Å²) < 4.78 is 29.4. The van der Waals surface area contributed by atoms with Gasteiger partial charge in [-0.2, -0.15) is 5.10 Å². The monoisotopic (exact) mass is 370 g/mol. The molecule has 1 saturated carbocycles. The summed E-state index contributed by atoms with van der Waals surface area (Å²) in [5, 5.41) is 5.55. The fourth-order valence-corrected chi connectivity index (χ4v) is 4.22. The molecule has 1 aromatic carbocycles. The maximum atomic E-state index is 12.6. The molecule has 0 radical (unpaired) electrons. The van der Waals surface area contributed by atoms with Crippen molar-refractivity contribution in [3.8, 4) is 0 Å². The minimum Gasteiger partial charge on any atom is -0.360 e. The minimum atomic E-state index is -3.79. The van der Waals surface area contributed by atoms with Crippen LogP contribution in [0.25, 0.3) is 10.9 Å². The third-order valence-corrected chi connectivity index (χ3v) is 5.78. The third-order valence-electron chi connectivity index (χ3n) is 3.77. The average molecular weight is 371 g/mol. The summed E-state index contributed by atoms with van der Waals surface area (Å²) in [4.78, 5) is 3.05. The molecule has 0 bridgehead atoms. The highest BCUT2D eigenvalue weighted by molar-refractivity contribution is 7.93. The highest BCUT2D eigenvalue weighted by atomic mass is 35.5. The van der Waals surface area contributed by atoms with Crippen molar-refractivity contribution in [3.63, 3.8) is 0 Å². The summed E-state index contributed by atoms with van der Waals surface area (Å²) in [6.07, 6.45) is 4.89. The summed E-state index contributed by atoms with van der Waals surface area (Å²) in [5.74, 6) is 0. The van der Waals surface area contributed by atoms with E-state index in [1.165, 1.54) is 12.4 Å². The van der Waals surface area contributed by atoms with Gasteiger partial charge in [0.05, 0.1) is 12.2 Å². The van der Waals surface area contributed by atoms with Crippen molar-refractivity contribution in [2.24, 2.45) is 0 Å². The van der Waals surface area contributed by atoms with Gasteiger partial charge in [-0.15, -0.1) is 0 Å². The van der Waals surface area contributed by atoms with Gasteiger partial charge in [-0.1, -0.05) is 23.2 Å². The van der Waals surface area contributed by atoms with Crippen LogP contribution in [-0.2, 0) is 10.0 Å². The molecule has 0 spiro atoms. The third kappa shape index (κ3) is 2.58. The van der Waals surface area contributed by atoms with Gasteiger partial charge >= 0.3 is 0 Å². The first kappa shape index (κ1) is 14.9. The van der Waals surface area contributed by atoms with E-state index in [1.54, 1.807) is 22.9 Å². The summed E-state index contributed by atoms with van der Waals surface area (Å²) in [6.45, 7) is 0. The summed E-state index contributed by atoms with van der Waals surface area (Å²) in [7, 11) is -3.79. The fraction of sp³-hybridized carbons (Fsp3) is 0.214. The van der Waals surface area contributed by atoms with Crippen LogP contribution in [0.5, 0.6) is 0 Å². The van der Waals surface area contributed by atoms with E-state index in [4.69, 9.17) is 23.2 Å². The van der Waals surface area contributed by atoms with E-state index in [9.17, 15) is 8.42 Å². The smallest absolute Gasteiger partial charge is 0.264 e. The molecule has 3 aromatic rings. The number of sulfonamides is 1. The molecule has 2 N–H and O–H groups in total. The van der Waals surface area contributed by atoms with Crippen molar-refractivity contribution in [2.75, 3.05) is 4.72 Å². The minimum absolute atomic E-state index is 0.138. The van der Waals surface area contributed by atoms with Crippen LogP contribution >= 0.6 is 23.2 Å². The Hall–Kier alpha value is -1.70. The molecule has 0 saturated heterocycles. The zero-order valence-electron chi connectivity index (χ0n) is 11.8. The molecule has 0 aliphatic heterocycles. The Morgan fingerprint density at radius 1 is 1.30 bits per heavy atom. The molecule has 0 atom stereocenters. The van der Waals surface area contributed by atoms with Crippen molar-refractivity contribution in [3.05, 3.63) is 40.8 Å². The zero-order valence-corrected chi connectivity index (χ0v) is 14.1. The summed E-state index contributed by atoms with van der Waals surface area (Å²) in [5.41, 5.74) is 0.930. The molecule has 0 unspecified atom stereocenters. The Morgan fingerprint density at radius 3 is 2.83 bits per heavy atom. The van der Waals surface area contributed by atoms with E-state index in [0.717, 1.165) is 12.8 Å². The van der Waals surface area contributed by atoms with Gasteiger partial charge in [0.1, 0.15) is 10.6 Å². The van der Waals surface area contributed by atoms with Gasteiger partial charge in [-0.05, 0) is 31.0 Å². The predicted octanol–water partition coefficient (Wildman–Crippen LogP) is 3.81. The van der Waals surface area contributed by atoms with E-state index in [1.807, 2.05) is 0 Å². The lowest BCUT2D eigenvalue weighted by atomic mass is 10.2. The van der Waals surface area contributed by atoms with Gasteiger partial charge in [0.25, 0.3) is 10.0 Å². The first-order valence-electron chi connectivity index (χ1n) is 6.98. The Morgan fingerprint density at radius 2 is 2.09 bits per heavy atom. The van der Waals surface area contributed by atoms with Crippen molar-refractivity contribution >= 4 is 49.8 Å². The van der Waals surface area contributed by atoms with E-state index in [0.29, 0.717) is 21.1 Å². The quantitative estimate of drug-likeness (QED) is 0.732. The lowest BCUT2D eigenvalue weighted by molar-refractivity contribution is 0.602. The van der Waals surface area contributed by atoms with Crippen LogP contribution in [-0.4, -0.2) is 23.2 Å². The molecular formula is C14H12Cl2N4O2S. The Labute approximate surface area is 142 Å². The molecule has 9 heteroatoms. The number of aromatic nitrogens is 3. The number of nitrogens with one attached hydrogen (secondary N) is 2. The topological polar surface area (TPSA) is 79.8 Å². The first-order valence-corrected chi connectivity index (χ1v) is 9.22. The number of hydrogen-bond acceptors (Lipinski definition) is 3. The van der Waals surface area contributed by atoms with Crippen LogP contribution < -0.4 is 4.72 Å². The van der Waals surface area contributed by atoms with Gasteiger partial charge in [-0.3, -0.25) is 4.72 Å². The molecule has 1 aliphatic rings.